The summed E-state index contributed by atoms with van der Waals surface area (Å²) in [6.07, 6.45) is 0. The van der Waals surface area contributed by atoms with Crippen LogP contribution in [0.5, 0.6) is 5.75 Å². The minimum atomic E-state index is -0.290. The number of aliphatic hydroxyl groups excluding tert-OH is 1. The minimum absolute atomic E-state index is 0.159. The first-order valence-corrected chi connectivity index (χ1v) is 6.30. The summed E-state index contributed by atoms with van der Waals surface area (Å²) >= 11 is 0. The molecule has 0 aliphatic carbocycles. The Labute approximate surface area is 108 Å². The van der Waals surface area contributed by atoms with Crippen molar-refractivity contribution in [2.45, 2.75) is 19.0 Å². The Morgan fingerprint density at radius 1 is 1.44 bits per heavy atom. The number of methoxy groups -OCH3 is 1. The molecule has 1 aromatic rings. The van der Waals surface area contributed by atoms with E-state index in [0.717, 1.165) is 25.4 Å². The highest BCUT2D eigenvalue weighted by atomic mass is 16.5. The van der Waals surface area contributed by atoms with Gasteiger partial charge in [0.25, 0.3) is 0 Å². The van der Waals surface area contributed by atoms with Crippen molar-refractivity contribution in [3.8, 4) is 5.75 Å². The topological polar surface area (TPSA) is 58.7 Å². The number of benzene rings is 1. The number of hydrogen-bond acceptors (Lipinski definition) is 4. The molecule has 1 aromatic carbocycles. The average Bonchev–Trinajstić information content (AvgIpc) is 2.64. The third-order valence-electron chi connectivity index (χ3n) is 3.76. The first-order valence-electron chi connectivity index (χ1n) is 6.30. The van der Waals surface area contributed by atoms with Crippen LogP contribution in [0.4, 0.5) is 0 Å². The number of aliphatic hydroxyl groups is 1. The second-order valence-electron chi connectivity index (χ2n) is 5.40. The van der Waals surface area contributed by atoms with Crippen LogP contribution in [0.3, 0.4) is 0 Å². The third-order valence-corrected chi connectivity index (χ3v) is 3.76. The molecule has 18 heavy (non-hydrogen) atoms. The molecule has 0 aromatic heterocycles. The molecule has 2 rings (SSSR count). The van der Waals surface area contributed by atoms with E-state index >= 15 is 0 Å². The first-order chi connectivity index (χ1) is 8.55. The van der Waals surface area contributed by atoms with Crippen molar-refractivity contribution in [1.29, 1.82) is 0 Å². The summed E-state index contributed by atoms with van der Waals surface area (Å²) in [5.41, 5.74) is 7.15. The molecule has 2 atom stereocenters. The number of likely N-dealkylation sites (tertiary alicyclic amines) is 1. The Morgan fingerprint density at radius 3 is 2.61 bits per heavy atom. The van der Waals surface area contributed by atoms with Crippen LogP contribution < -0.4 is 10.5 Å². The SMILES string of the molecule is COc1ccc(CN2CC(CO)C(C)(N)C2)cc1. The van der Waals surface area contributed by atoms with Gasteiger partial charge in [0.05, 0.1) is 7.11 Å². The molecule has 2 unspecified atom stereocenters. The molecule has 0 spiro atoms. The maximum Gasteiger partial charge on any atom is 0.118 e. The van der Waals surface area contributed by atoms with E-state index in [1.807, 2.05) is 19.1 Å². The van der Waals surface area contributed by atoms with Gasteiger partial charge in [-0.15, -0.1) is 0 Å². The van der Waals surface area contributed by atoms with Gasteiger partial charge < -0.3 is 15.6 Å². The lowest BCUT2D eigenvalue weighted by Gasteiger charge is -2.23. The predicted molar refractivity (Wildman–Crippen MR) is 71.4 cm³/mol. The highest BCUT2D eigenvalue weighted by Crippen LogP contribution is 2.26. The van der Waals surface area contributed by atoms with Crippen molar-refractivity contribution >= 4 is 0 Å². The van der Waals surface area contributed by atoms with E-state index in [1.165, 1.54) is 5.56 Å². The molecular formula is C14H22N2O2. The van der Waals surface area contributed by atoms with Crippen molar-refractivity contribution in [1.82, 2.24) is 4.90 Å². The van der Waals surface area contributed by atoms with Crippen LogP contribution in [0, 0.1) is 5.92 Å². The van der Waals surface area contributed by atoms with Crippen molar-refractivity contribution in [2.75, 3.05) is 26.8 Å². The number of hydrogen-bond donors (Lipinski definition) is 2. The van der Waals surface area contributed by atoms with Crippen LogP contribution in [0.1, 0.15) is 12.5 Å². The Kier molecular flexibility index (Phi) is 3.90. The molecule has 3 N–H and O–H groups in total. The summed E-state index contributed by atoms with van der Waals surface area (Å²) in [5.74, 6) is 1.04. The number of nitrogens with zero attached hydrogens (tertiary/aromatic N) is 1. The highest BCUT2D eigenvalue weighted by molar-refractivity contribution is 5.27. The molecule has 1 heterocycles. The van der Waals surface area contributed by atoms with Crippen LogP contribution in [-0.2, 0) is 6.54 Å². The second kappa shape index (κ2) is 5.26. The summed E-state index contributed by atoms with van der Waals surface area (Å²) in [6.45, 7) is 4.72. The number of ether oxygens (including phenoxy) is 1. The largest absolute Gasteiger partial charge is 0.497 e. The lowest BCUT2D eigenvalue weighted by atomic mass is 9.91. The summed E-state index contributed by atoms with van der Waals surface area (Å²) in [7, 11) is 1.67. The molecule has 1 saturated heterocycles. The van der Waals surface area contributed by atoms with Gasteiger partial charge >= 0.3 is 0 Å². The fourth-order valence-electron chi connectivity index (χ4n) is 2.57. The monoisotopic (exact) mass is 250 g/mol. The van der Waals surface area contributed by atoms with E-state index in [9.17, 15) is 5.11 Å². The van der Waals surface area contributed by atoms with Crippen LogP contribution in [0.15, 0.2) is 24.3 Å². The third kappa shape index (κ3) is 2.83. The molecule has 100 valence electrons. The lowest BCUT2D eigenvalue weighted by Crippen LogP contribution is -2.45. The highest BCUT2D eigenvalue weighted by Gasteiger charge is 2.39. The lowest BCUT2D eigenvalue weighted by molar-refractivity contribution is 0.192. The Hall–Kier alpha value is -1.10. The Balaban J connectivity index is 1.98. The van der Waals surface area contributed by atoms with Gasteiger partial charge in [0.2, 0.25) is 0 Å². The van der Waals surface area contributed by atoms with Crippen LogP contribution in [0.25, 0.3) is 0 Å². The quantitative estimate of drug-likeness (QED) is 0.831. The van der Waals surface area contributed by atoms with Crippen molar-refractivity contribution < 1.29 is 9.84 Å². The number of nitrogens with two attached hydrogens (primary N) is 1. The maximum absolute atomic E-state index is 9.33. The minimum Gasteiger partial charge on any atom is -0.497 e. The van der Waals surface area contributed by atoms with Gasteiger partial charge in [-0.3, -0.25) is 4.90 Å². The standard InChI is InChI=1S/C14H22N2O2/c1-14(15)10-16(8-12(14)9-17)7-11-3-5-13(18-2)6-4-11/h3-6,12,17H,7-10,15H2,1-2H3. The predicted octanol–water partition coefficient (Wildman–Crippen LogP) is 0.837. The van der Waals surface area contributed by atoms with Gasteiger partial charge in [-0.1, -0.05) is 12.1 Å². The number of rotatable bonds is 4. The zero-order valence-electron chi connectivity index (χ0n) is 11.1. The smallest absolute Gasteiger partial charge is 0.118 e. The van der Waals surface area contributed by atoms with E-state index in [4.69, 9.17) is 10.5 Å². The zero-order chi connectivity index (χ0) is 13.2. The molecule has 1 aliphatic heterocycles. The van der Waals surface area contributed by atoms with Crippen LogP contribution in [-0.4, -0.2) is 42.4 Å². The van der Waals surface area contributed by atoms with Gasteiger partial charge in [-0.2, -0.15) is 0 Å². The molecule has 4 heteroatoms. The molecule has 0 bridgehead atoms. The molecule has 4 nitrogen and oxygen atoms in total. The van der Waals surface area contributed by atoms with Crippen molar-refractivity contribution in [3.63, 3.8) is 0 Å². The van der Waals surface area contributed by atoms with Gasteiger partial charge in [0.15, 0.2) is 0 Å². The van der Waals surface area contributed by atoms with Crippen molar-refractivity contribution in [3.05, 3.63) is 29.8 Å². The van der Waals surface area contributed by atoms with Crippen LogP contribution in [0.2, 0.25) is 0 Å². The van der Waals surface area contributed by atoms with Crippen molar-refractivity contribution in [2.24, 2.45) is 11.7 Å². The van der Waals surface area contributed by atoms with Gasteiger partial charge in [-0.25, -0.2) is 0 Å². The molecular weight excluding hydrogens is 228 g/mol. The second-order valence-corrected chi connectivity index (χ2v) is 5.40. The molecule has 0 amide bonds. The van der Waals surface area contributed by atoms with E-state index < -0.39 is 0 Å². The summed E-state index contributed by atoms with van der Waals surface area (Å²) < 4.78 is 5.14. The normalized spacial score (nSPS) is 28.6. The summed E-state index contributed by atoms with van der Waals surface area (Å²) in [5, 5.41) is 9.33. The molecule has 1 fully saturated rings. The zero-order valence-corrected chi connectivity index (χ0v) is 11.1. The fourth-order valence-corrected chi connectivity index (χ4v) is 2.57. The molecule has 0 radical (unpaired) electrons. The van der Waals surface area contributed by atoms with E-state index in [0.29, 0.717) is 0 Å². The first kappa shape index (κ1) is 13.3. The van der Waals surface area contributed by atoms with Gasteiger partial charge in [-0.05, 0) is 24.6 Å². The Bertz CT molecular complexity index is 389. The summed E-state index contributed by atoms with van der Waals surface area (Å²) in [4.78, 5) is 2.29. The maximum atomic E-state index is 9.33. The molecule has 1 aliphatic rings. The van der Waals surface area contributed by atoms with Gasteiger partial charge in [0.1, 0.15) is 5.75 Å². The summed E-state index contributed by atoms with van der Waals surface area (Å²) in [6, 6.07) is 8.07. The van der Waals surface area contributed by atoms with Crippen LogP contribution >= 0.6 is 0 Å². The van der Waals surface area contributed by atoms with E-state index in [1.54, 1.807) is 7.11 Å². The van der Waals surface area contributed by atoms with E-state index in [2.05, 4.69) is 17.0 Å². The van der Waals surface area contributed by atoms with Gasteiger partial charge in [0, 0.05) is 37.7 Å². The molecule has 0 saturated carbocycles. The van der Waals surface area contributed by atoms with E-state index in [-0.39, 0.29) is 18.1 Å². The average molecular weight is 250 g/mol. The Morgan fingerprint density at radius 2 is 2.11 bits per heavy atom. The fraction of sp³-hybridized carbons (Fsp3) is 0.571.